The van der Waals surface area contributed by atoms with Crippen LogP contribution < -0.4 is 15.4 Å². The summed E-state index contributed by atoms with van der Waals surface area (Å²) in [7, 11) is 0. The number of hydrogen-bond donors (Lipinski definition) is 2. The second-order valence-electron chi connectivity index (χ2n) is 9.04. The monoisotopic (exact) mass is 423 g/mol. The van der Waals surface area contributed by atoms with E-state index in [2.05, 4.69) is 31.4 Å². The summed E-state index contributed by atoms with van der Waals surface area (Å²) in [5.41, 5.74) is -0.805. The molecule has 0 saturated carbocycles. The largest absolute Gasteiger partial charge is 0.444 e. The maximum absolute atomic E-state index is 12.6. The lowest BCUT2D eigenvalue weighted by atomic mass is 10.1. The van der Waals surface area contributed by atoms with Gasteiger partial charge in [0.2, 0.25) is 0 Å². The van der Waals surface area contributed by atoms with Crippen LogP contribution in [0.2, 0.25) is 0 Å². The summed E-state index contributed by atoms with van der Waals surface area (Å²) in [6.45, 7) is 12.2. The van der Waals surface area contributed by atoms with Gasteiger partial charge in [-0.3, -0.25) is 10.1 Å². The first-order valence-corrected chi connectivity index (χ1v) is 9.97. The van der Waals surface area contributed by atoms with E-state index in [9.17, 15) is 19.7 Å². The molecule has 1 aromatic rings. The van der Waals surface area contributed by atoms with Crippen LogP contribution in [0, 0.1) is 10.1 Å². The minimum Gasteiger partial charge on any atom is -0.444 e. The van der Waals surface area contributed by atoms with E-state index < -0.39 is 28.6 Å². The number of nitro benzene ring substituents is 1. The molecule has 9 heteroatoms. The van der Waals surface area contributed by atoms with E-state index in [1.165, 1.54) is 24.3 Å². The third kappa shape index (κ3) is 10.8. The molecule has 2 N–H and O–H groups in total. The number of amides is 1. The third-order valence-corrected chi connectivity index (χ3v) is 3.82. The quantitative estimate of drug-likeness (QED) is 0.203. The zero-order chi connectivity index (χ0) is 22.9. The number of ether oxygens (including phenoxy) is 2. The molecule has 1 aromatic carbocycles. The molecule has 0 aliphatic carbocycles. The van der Waals surface area contributed by atoms with Crippen LogP contribution in [0.25, 0.3) is 0 Å². The van der Waals surface area contributed by atoms with Crippen molar-refractivity contribution >= 4 is 17.7 Å². The molecule has 1 atom stereocenters. The van der Waals surface area contributed by atoms with Gasteiger partial charge in [-0.25, -0.2) is 9.59 Å². The molecule has 0 fully saturated rings. The summed E-state index contributed by atoms with van der Waals surface area (Å²) in [6.07, 6.45) is 1.16. The van der Waals surface area contributed by atoms with E-state index >= 15 is 0 Å². The molecular formula is C21H33N3O6. The number of non-ortho nitro benzene ring substituents is 1. The Morgan fingerprint density at radius 3 is 2.17 bits per heavy atom. The van der Waals surface area contributed by atoms with Crippen LogP contribution in [0.3, 0.4) is 0 Å². The van der Waals surface area contributed by atoms with Crippen LogP contribution in [0.5, 0.6) is 5.75 Å². The number of carbonyl (C=O) groups excluding carboxylic acids is 2. The molecular weight excluding hydrogens is 390 g/mol. The molecule has 0 aliphatic rings. The topological polar surface area (TPSA) is 120 Å². The number of nitrogens with one attached hydrogen (secondary N) is 2. The highest BCUT2D eigenvalue weighted by Gasteiger charge is 2.26. The molecule has 0 saturated heterocycles. The van der Waals surface area contributed by atoms with Gasteiger partial charge in [0, 0.05) is 17.7 Å². The van der Waals surface area contributed by atoms with Crippen molar-refractivity contribution in [1.82, 2.24) is 10.6 Å². The van der Waals surface area contributed by atoms with Crippen LogP contribution in [-0.2, 0) is 9.53 Å². The number of nitrogens with zero attached hydrogens (tertiary/aromatic N) is 1. The second kappa shape index (κ2) is 10.9. The van der Waals surface area contributed by atoms with E-state index in [0.29, 0.717) is 12.8 Å². The number of nitro groups is 1. The summed E-state index contributed by atoms with van der Waals surface area (Å²) >= 11 is 0. The average molecular weight is 424 g/mol. The van der Waals surface area contributed by atoms with E-state index in [1.807, 2.05) is 0 Å². The molecule has 9 nitrogen and oxygen atoms in total. The summed E-state index contributed by atoms with van der Waals surface area (Å²) in [5, 5.41) is 16.7. The predicted octanol–water partition coefficient (Wildman–Crippen LogP) is 3.95. The Balaban J connectivity index is 2.73. The zero-order valence-electron chi connectivity index (χ0n) is 18.6. The van der Waals surface area contributed by atoms with E-state index in [4.69, 9.17) is 9.47 Å². The molecule has 1 amide bonds. The van der Waals surface area contributed by atoms with E-state index in [-0.39, 0.29) is 17.0 Å². The summed E-state index contributed by atoms with van der Waals surface area (Å²) in [4.78, 5) is 35.0. The maximum Gasteiger partial charge on any atom is 0.408 e. The van der Waals surface area contributed by atoms with Crippen LogP contribution >= 0.6 is 0 Å². The first kappa shape index (κ1) is 25.4. The predicted molar refractivity (Wildman–Crippen MR) is 113 cm³/mol. The van der Waals surface area contributed by atoms with Crippen molar-refractivity contribution in [1.29, 1.82) is 0 Å². The van der Waals surface area contributed by atoms with Crippen LogP contribution in [0.15, 0.2) is 24.3 Å². The Morgan fingerprint density at radius 1 is 1.07 bits per heavy atom. The van der Waals surface area contributed by atoms with Crippen molar-refractivity contribution < 1.29 is 24.0 Å². The van der Waals surface area contributed by atoms with Crippen LogP contribution in [0.4, 0.5) is 10.5 Å². The molecule has 0 spiro atoms. The van der Waals surface area contributed by atoms with Gasteiger partial charge in [-0.05, 0) is 79.5 Å². The second-order valence-corrected chi connectivity index (χ2v) is 9.04. The number of alkyl carbamates (subject to hydrolysis) is 1. The lowest BCUT2D eigenvalue weighted by Gasteiger charge is -2.23. The third-order valence-electron chi connectivity index (χ3n) is 3.82. The van der Waals surface area contributed by atoms with Crippen molar-refractivity contribution in [2.45, 2.75) is 78.0 Å². The number of unbranched alkanes of at least 4 members (excludes halogenated alkanes) is 1. The standard InChI is InChI=1S/C21H33N3O6/c1-20(2,3)22-14-8-7-9-17(23-19(26)30-21(4,5)6)18(25)29-16-12-10-15(11-13-16)24(27)28/h10-13,17,22H,7-9,14H2,1-6H3,(H,23,26). The molecule has 1 rings (SSSR count). The Labute approximate surface area is 177 Å². The van der Waals surface area contributed by atoms with Crippen LogP contribution in [-0.4, -0.2) is 40.7 Å². The molecule has 168 valence electrons. The van der Waals surface area contributed by atoms with Crippen molar-refractivity contribution in [2.75, 3.05) is 6.54 Å². The zero-order valence-corrected chi connectivity index (χ0v) is 18.6. The van der Waals surface area contributed by atoms with Gasteiger partial charge in [-0.15, -0.1) is 0 Å². The number of esters is 1. The van der Waals surface area contributed by atoms with Gasteiger partial charge < -0.3 is 20.1 Å². The maximum atomic E-state index is 12.6. The van der Waals surface area contributed by atoms with Gasteiger partial charge in [0.1, 0.15) is 17.4 Å². The first-order valence-electron chi connectivity index (χ1n) is 9.97. The van der Waals surface area contributed by atoms with Gasteiger partial charge in [-0.2, -0.15) is 0 Å². The Hall–Kier alpha value is -2.68. The van der Waals surface area contributed by atoms with Gasteiger partial charge in [-0.1, -0.05) is 0 Å². The van der Waals surface area contributed by atoms with Crippen molar-refractivity contribution in [3.8, 4) is 5.75 Å². The summed E-state index contributed by atoms with van der Waals surface area (Å²) < 4.78 is 10.5. The number of carbonyl (C=O) groups is 2. The van der Waals surface area contributed by atoms with Gasteiger partial charge in [0.15, 0.2) is 0 Å². The molecule has 0 radical (unpaired) electrons. The average Bonchev–Trinajstić information content (AvgIpc) is 2.58. The lowest BCUT2D eigenvalue weighted by Crippen LogP contribution is -2.45. The highest BCUT2D eigenvalue weighted by molar-refractivity contribution is 5.83. The fourth-order valence-corrected chi connectivity index (χ4v) is 2.46. The number of rotatable bonds is 9. The summed E-state index contributed by atoms with van der Waals surface area (Å²) in [6, 6.07) is 4.28. The number of benzene rings is 1. The van der Waals surface area contributed by atoms with Crippen molar-refractivity contribution in [2.24, 2.45) is 0 Å². The normalized spacial score (nSPS) is 12.7. The Kier molecular flexibility index (Phi) is 9.22. The minimum absolute atomic E-state index is 0.00299. The fraction of sp³-hybridized carbons (Fsp3) is 0.619. The molecule has 30 heavy (non-hydrogen) atoms. The van der Waals surface area contributed by atoms with Gasteiger partial charge in [0.05, 0.1) is 4.92 Å². The van der Waals surface area contributed by atoms with E-state index in [1.54, 1.807) is 20.8 Å². The SMILES string of the molecule is CC(C)(C)NCCCCC(NC(=O)OC(C)(C)C)C(=O)Oc1ccc([N+](=O)[O-])cc1. The highest BCUT2D eigenvalue weighted by atomic mass is 16.6. The lowest BCUT2D eigenvalue weighted by molar-refractivity contribution is -0.384. The van der Waals surface area contributed by atoms with Gasteiger partial charge >= 0.3 is 12.1 Å². The Morgan fingerprint density at radius 2 is 1.67 bits per heavy atom. The van der Waals surface area contributed by atoms with E-state index in [0.717, 1.165) is 13.0 Å². The molecule has 1 unspecified atom stereocenters. The summed E-state index contributed by atoms with van der Waals surface area (Å²) in [5.74, 6) is -0.491. The first-order chi connectivity index (χ1) is 13.8. The fourth-order valence-electron chi connectivity index (χ4n) is 2.46. The molecule has 0 aromatic heterocycles. The molecule has 0 heterocycles. The van der Waals surface area contributed by atoms with Crippen molar-refractivity contribution in [3.05, 3.63) is 34.4 Å². The highest BCUT2D eigenvalue weighted by Crippen LogP contribution is 2.18. The van der Waals surface area contributed by atoms with Gasteiger partial charge in [0.25, 0.3) is 5.69 Å². The minimum atomic E-state index is -0.898. The molecule has 0 aliphatic heterocycles. The molecule has 0 bridgehead atoms. The number of hydrogen-bond acceptors (Lipinski definition) is 7. The van der Waals surface area contributed by atoms with Crippen LogP contribution in [0.1, 0.15) is 60.8 Å². The Bertz CT molecular complexity index is 720. The smallest absolute Gasteiger partial charge is 0.408 e. The van der Waals surface area contributed by atoms with Crippen molar-refractivity contribution in [3.63, 3.8) is 0 Å².